The Morgan fingerprint density at radius 2 is 2.05 bits per heavy atom. The van der Waals surface area contributed by atoms with Gasteiger partial charge in [0, 0.05) is 42.2 Å². The Balaban J connectivity index is 1.35. The molecule has 5 rings (SSSR count). The van der Waals surface area contributed by atoms with Crippen molar-refractivity contribution in [3.8, 4) is 17.3 Å². The van der Waals surface area contributed by atoms with Gasteiger partial charge >= 0.3 is 5.97 Å². The number of ether oxygens (including phenoxy) is 1. The zero-order chi connectivity index (χ0) is 27.8. The first-order chi connectivity index (χ1) is 18.6. The summed E-state index contributed by atoms with van der Waals surface area (Å²) in [6, 6.07) is 8.04. The molecule has 4 aromatic rings. The summed E-state index contributed by atoms with van der Waals surface area (Å²) in [5.41, 5.74) is 1.81. The summed E-state index contributed by atoms with van der Waals surface area (Å²) in [7, 11) is -0.621. The quantitative estimate of drug-likeness (QED) is 0.294. The molecule has 1 aliphatic heterocycles. The normalized spacial score (nSPS) is 15.2. The number of aromatic carboxylic acids is 1. The van der Waals surface area contributed by atoms with Crippen LogP contribution in [0.3, 0.4) is 0 Å². The van der Waals surface area contributed by atoms with Crippen molar-refractivity contribution >= 4 is 32.7 Å². The maximum Gasteiger partial charge on any atom is 0.335 e. The Kier molecular flexibility index (Phi) is 7.05. The number of nitriles is 1. The van der Waals surface area contributed by atoms with Gasteiger partial charge in [-0.05, 0) is 43.0 Å². The highest BCUT2D eigenvalue weighted by molar-refractivity contribution is 8.32. The molecule has 1 N–H and O–H groups in total. The number of aromatic nitrogens is 5. The molecular formula is C27H30FN7O3S. The predicted octanol–water partition coefficient (Wildman–Crippen LogP) is 3.93. The molecule has 0 spiro atoms. The van der Waals surface area contributed by atoms with Crippen molar-refractivity contribution in [2.45, 2.75) is 18.7 Å². The summed E-state index contributed by atoms with van der Waals surface area (Å²) in [5.74, 6) is -0.762. The number of carbonyl (C=O) groups is 1. The average molecular weight is 552 g/mol. The predicted molar refractivity (Wildman–Crippen MR) is 149 cm³/mol. The van der Waals surface area contributed by atoms with Gasteiger partial charge in [-0.25, -0.2) is 29.2 Å². The Morgan fingerprint density at radius 3 is 2.74 bits per heavy atom. The van der Waals surface area contributed by atoms with Crippen LogP contribution in [-0.4, -0.2) is 79.6 Å². The molecule has 0 saturated carbocycles. The smallest absolute Gasteiger partial charge is 0.335 e. The summed E-state index contributed by atoms with van der Waals surface area (Å²) in [5, 5.41) is 24.1. The Labute approximate surface area is 227 Å². The van der Waals surface area contributed by atoms with Crippen LogP contribution in [0, 0.1) is 17.1 Å². The van der Waals surface area contributed by atoms with Crippen LogP contribution in [0.4, 0.5) is 10.1 Å². The molecular weight excluding hydrogens is 521 g/mol. The number of rotatable bonds is 10. The standard InChI is InChI=1S/C27H30FN7O3S/c1-39(2,3)11-10-38-18-33-9-6-21-24(30-17-31-25(21)33)20-13-32-35(14-20)27(7-8-29)15-34(16-27)23-5-4-19(26(36)37)12-22(23)28/h4-6,9,12-14,17H,7,10-11,15-16,18H2,1-3H3,(H,36,37). The molecule has 1 saturated heterocycles. The van der Waals surface area contributed by atoms with E-state index in [9.17, 15) is 14.4 Å². The van der Waals surface area contributed by atoms with Crippen LogP contribution >= 0.6 is 10.0 Å². The van der Waals surface area contributed by atoms with Crippen molar-refractivity contribution in [3.05, 3.63) is 60.6 Å². The number of carboxylic acids is 1. The van der Waals surface area contributed by atoms with Gasteiger partial charge in [0.05, 0.1) is 42.2 Å². The minimum Gasteiger partial charge on any atom is -0.478 e. The molecule has 1 fully saturated rings. The zero-order valence-corrected chi connectivity index (χ0v) is 22.9. The van der Waals surface area contributed by atoms with Gasteiger partial charge in [0.2, 0.25) is 0 Å². The van der Waals surface area contributed by atoms with Crippen molar-refractivity contribution in [1.29, 1.82) is 5.26 Å². The van der Waals surface area contributed by atoms with E-state index in [1.165, 1.54) is 18.5 Å². The van der Waals surface area contributed by atoms with E-state index < -0.39 is 27.4 Å². The van der Waals surface area contributed by atoms with Crippen LogP contribution in [0.15, 0.2) is 49.2 Å². The van der Waals surface area contributed by atoms with Gasteiger partial charge in [-0.3, -0.25) is 4.68 Å². The fraction of sp³-hybridized carbons (Fsp3) is 0.370. The number of fused-ring (bicyclic) bond motifs is 1. The molecule has 0 aliphatic carbocycles. The highest BCUT2D eigenvalue weighted by Gasteiger charge is 2.46. The Hall–Kier alpha value is -3.95. The fourth-order valence-corrected chi connectivity index (χ4v) is 5.35. The van der Waals surface area contributed by atoms with Gasteiger partial charge in [-0.2, -0.15) is 10.4 Å². The molecule has 3 aromatic heterocycles. The minimum absolute atomic E-state index is 0.112. The van der Waals surface area contributed by atoms with Crippen LogP contribution in [-0.2, 0) is 17.0 Å². The number of hydrogen-bond acceptors (Lipinski definition) is 7. The summed E-state index contributed by atoms with van der Waals surface area (Å²) < 4.78 is 24.2. The third-order valence-corrected chi connectivity index (χ3v) is 8.27. The Bertz CT molecular complexity index is 1560. The van der Waals surface area contributed by atoms with Crippen LogP contribution in [0.25, 0.3) is 22.3 Å². The van der Waals surface area contributed by atoms with Crippen LogP contribution in [0.2, 0.25) is 0 Å². The van der Waals surface area contributed by atoms with Crippen LogP contribution < -0.4 is 4.90 Å². The molecule has 1 aromatic carbocycles. The largest absolute Gasteiger partial charge is 0.478 e. The van der Waals surface area contributed by atoms with Crippen molar-refractivity contribution in [2.24, 2.45) is 0 Å². The lowest BCUT2D eigenvalue weighted by molar-refractivity contribution is 0.0696. The number of halogens is 1. The van der Waals surface area contributed by atoms with Gasteiger partial charge in [-0.15, -0.1) is 0 Å². The summed E-state index contributed by atoms with van der Waals surface area (Å²) in [6.45, 7) is 1.80. The lowest BCUT2D eigenvalue weighted by Crippen LogP contribution is -2.63. The van der Waals surface area contributed by atoms with Crippen molar-refractivity contribution in [1.82, 2.24) is 24.3 Å². The number of benzene rings is 1. The van der Waals surface area contributed by atoms with Gasteiger partial charge in [0.1, 0.15) is 30.1 Å². The van der Waals surface area contributed by atoms with Crippen LogP contribution in [0.1, 0.15) is 16.8 Å². The second-order valence-corrected chi connectivity index (χ2v) is 15.2. The van der Waals surface area contributed by atoms with E-state index in [1.54, 1.807) is 15.8 Å². The van der Waals surface area contributed by atoms with Gasteiger partial charge in [0.25, 0.3) is 0 Å². The average Bonchev–Trinajstić information content (AvgIpc) is 3.51. The van der Waals surface area contributed by atoms with E-state index in [-0.39, 0.29) is 12.0 Å². The second kappa shape index (κ2) is 10.3. The van der Waals surface area contributed by atoms with E-state index in [0.29, 0.717) is 32.1 Å². The maximum atomic E-state index is 14.6. The molecule has 0 bridgehead atoms. The molecule has 0 radical (unpaired) electrons. The van der Waals surface area contributed by atoms with E-state index in [1.807, 2.05) is 23.0 Å². The zero-order valence-electron chi connectivity index (χ0n) is 22.0. The van der Waals surface area contributed by atoms with E-state index in [0.717, 1.165) is 34.1 Å². The first-order valence-corrected chi connectivity index (χ1v) is 15.4. The van der Waals surface area contributed by atoms with E-state index in [2.05, 4.69) is 39.9 Å². The molecule has 0 unspecified atom stereocenters. The highest BCUT2D eigenvalue weighted by atomic mass is 32.3. The molecule has 4 heterocycles. The molecule has 10 nitrogen and oxygen atoms in total. The molecule has 0 atom stereocenters. The maximum absolute atomic E-state index is 14.6. The lowest BCUT2D eigenvalue weighted by Gasteiger charge is -2.50. The molecule has 12 heteroatoms. The van der Waals surface area contributed by atoms with Gasteiger partial charge in [0.15, 0.2) is 0 Å². The third-order valence-electron chi connectivity index (χ3n) is 6.88. The van der Waals surface area contributed by atoms with E-state index >= 15 is 0 Å². The van der Waals surface area contributed by atoms with Crippen LogP contribution in [0.5, 0.6) is 0 Å². The minimum atomic E-state index is -1.19. The fourth-order valence-electron chi connectivity index (χ4n) is 4.73. The topological polar surface area (TPSA) is 122 Å². The summed E-state index contributed by atoms with van der Waals surface area (Å²) in [4.78, 5) is 21.9. The second-order valence-electron chi connectivity index (χ2n) is 10.6. The molecule has 39 heavy (non-hydrogen) atoms. The van der Waals surface area contributed by atoms with Crippen molar-refractivity contribution in [2.75, 3.05) is 49.1 Å². The van der Waals surface area contributed by atoms with Crippen molar-refractivity contribution < 1.29 is 19.0 Å². The SMILES string of the molecule is CS(C)(C)CCOCn1ccc2c(-c3cnn(C4(CC#N)CN(c5ccc(C(=O)O)cc5F)C4)c3)ncnc21. The van der Waals surface area contributed by atoms with Crippen molar-refractivity contribution in [3.63, 3.8) is 0 Å². The molecule has 0 amide bonds. The lowest BCUT2D eigenvalue weighted by atomic mass is 9.86. The highest BCUT2D eigenvalue weighted by Crippen LogP contribution is 2.38. The summed E-state index contributed by atoms with van der Waals surface area (Å²) in [6.07, 6.45) is 14.0. The number of carboxylic acid groups (broad SMARTS) is 1. The van der Waals surface area contributed by atoms with Gasteiger partial charge < -0.3 is 19.3 Å². The molecule has 204 valence electrons. The van der Waals surface area contributed by atoms with E-state index in [4.69, 9.17) is 9.84 Å². The summed E-state index contributed by atoms with van der Waals surface area (Å²) >= 11 is 0. The number of anilines is 1. The number of nitrogens with zero attached hydrogens (tertiary/aromatic N) is 7. The number of hydrogen-bond donors (Lipinski definition) is 1. The third kappa shape index (κ3) is 5.32. The molecule has 1 aliphatic rings. The Morgan fingerprint density at radius 1 is 1.26 bits per heavy atom. The first kappa shape index (κ1) is 26.6. The first-order valence-electron chi connectivity index (χ1n) is 12.3. The monoisotopic (exact) mass is 551 g/mol. The van der Waals surface area contributed by atoms with Gasteiger partial charge in [-0.1, -0.05) is 0 Å².